The third-order valence-corrected chi connectivity index (χ3v) is 14.8. The van der Waals surface area contributed by atoms with E-state index in [1.807, 2.05) is 0 Å². The minimum Gasteiger partial charge on any atom is -0.192 e. The first kappa shape index (κ1) is 32.1. The highest BCUT2D eigenvalue weighted by Crippen LogP contribution is 2.68. The van der Waals surface area contributed by atoms with Crippen LogP contribution in [0.25, 0.3) is 98.7 Å². The fraction of sp³-hybridized carbons (Fsp3) is 0.0370. The van der Waals surface area contributed by atoms with E-state index in [0.29, 0.717) is 0 Å². The quantitative estimate of drug-likeness (QED) is 0.159. The van der Waals surface area contributed by atoms with Crippen LogP contribution in [0.4, 0.5) is 0 Å². The molecule has 55 heavy (non-hydrogen) atoms. The number of hydrogen-bond donors (Lipinski definition) is 0. The molecular weight excluding hydrogens is 681 g/mol. The van der Waals surface area contributed by atoms with Crippen LogP contribution in [0, 0.1) is 0 Å². The van der Waals surface area contributed by atoms with Crippen molar-refractivity contribution in [2.45, 2.75) is 9.79 Å². The van der Waals surface area contributed by atoms with Crippen molar-refractivity contribution in [3.63, 3.8) is 0 Å². The van der Waals surface area contributed by atoms with Gasteiger partial charge in [-0.2, -0.15) is 10.0 Å². The summed E-state index contributed by atoms with van der Waals surface area (Å²) >= 11 is 0. The lowest BCUT2D eigenvalue weighted by molar-refractivity contribution is 1.46. The largest absolute Gasteiger partial charge is 0.192 e. The van der Waals surface area contributed by atoms with Gasteiger partial charge >= 0.3 is 0 Å². The maximum Gasteiger partial charge on any atom is 0.00219 e. The van der Waals surface area contributed by atoms with Gasteiger partial charge in [0, 0.05) is 9.79 Å². The molecule has 0 nitrogen and oxygen atoms in total. The van der Waals surface area contributed by atoms with E-state index in [1.54, 1.807) is 0 Å². The summed E-state index contributed by atoms with van der Waals surface area (Å²) in [7, 11) is -1.20. The fourth-order valence-electron chi connectivity index (χ4n) is 9.30. The smallest absolute Gasteiger partial charge is 0.00219 e. The van der Waals surface area contributed by atoms with Crippen molar-refractivity contribution >= 4 is 53.1 Å². The highest BCUT2D eigenvalue weighted by atomic mass is 32.3. The lowest BCUT2D eigenvalue weighted by atomic mass is 9.84. The van der Waals surface area contributed by atoms with Gasteiger partial charge in [-0.05, 0) is 129 Å². The molecule has 11 rings (SSSR count). The summed E-state index contributed by atoms with van der Waals surface area (Å²) in [6, 6.07) is 72.5. The summed E-state index contributed by atoms with van der Waals surface area (Å²) in [5, 5.41) is 10.3. The Morgan fingerprint density at radius 2 is 0.673 bits per heavy atom. The van der Waals surface area contributed by atoms with Crippen LogP contribution in [-0.2, 0) is 0 Å². The molecule has 0 bridgehead atoms. The summed E-state index contributed by atoms with van der Waals surface area (Å²) in [5.41, 5.74) is 12.8. The van der Waals surface area contributed by atoms with Gasteiger partial charge in [0.05, 0.1) is 0 Å². The minimum atomic E-state index is -1.20. The van der Waals surface area contributed by atoms with Crippen molar-refractivity contribution in [1.82, 2.24) is 0 Å². The third-order valence-electron chi connectivity index (χ3n) is 11.9. The molecule has 0 spiro atoms. The van der Waals surface area contributed by atoms with Crippen molar-refractivity contribution in [2.75, 3.05) is 12.5 Å². The predicted molar refractivity (Wildman–Crippen MR) is 240 cm³/mol. The van der Waals surface area contributed by atoms with Crippen molar-refractivity contribution in [2.24, 2.45) is 0 Å². The molecule has 1 aliphatic heterocycles. The molecule has 0 aromatic heterocycles. The van der Waals surface area contributed by atoms with Gasteiger partial charge in [0.25, 0.3) is 0 Å². The second-order valence-corrected chi connectivity index (χ2v) is 18.8. The SMILES string of the molecule is CS1(C)c2ccccc2-c2cc3c(-c4ccc(-c5cccc6ccccc56)cc4)c4ccccc4c(-c4ccc(-c5cccc6ccccc56)cc4)c3cc21. The third kappa shape index (κ3) is 4.93. The fourth-order valence-corrected chi connectivity index (χ4v) is 11.8. The second kappa shape index (κ2) is 12.3. The molecule has 0 N–H and O–H groups in total. The summed E-state index contributed by atoms with van der Waals surface area (Å²) in [6.45, 7) is 0. The Morgan fingerprint density at radius 3 is 1.22 bits per heavy atom. The van der Waals surface area contributed by atoms with Crippen molar-refractivity contribution in [3.8, 4) is 55.6 Å². The van der Waals surface area contributed by atoms with Crippen LogP contribution in [0.2, 0.25) is 0 Å². The van der Waals surface area contributed by atoms with Gasteiger partial charge in [0.15, 0.2) is 0 Å². The minimum absolute atomic E-state index is 1.20. The standard InChI is InChI=1S/C54H38S/c1-55(2)51-24-10-9-19-45(51)48-33-49-50(34-52(48)55)54(40-31-27-38(28-32-40)44-23-12-16-36-14-4-6-18-42(36)44)47-21-8-7-20-46(47)53(49)39-29-25-37(26-30-39)43-22-11-15-35-13-3-5-17-41(35)43/h3-34H,1-2H3. The first-order valence-corrected chi connectivity index (χ1v) is 21.5. The molecule has 0 unspecified atom stereocenters. The molecule has 0 atom stereocenters. The van der Waals surface area contributed by atoms with E-state index < -0.39 is 10.0 Å². The van der Waals surface area contributed by atoms with Crippen molar-refractivity contribution in [3.05, 3.63) is 194 Å². The second-order valence-electron chi connectivity index (χ2n) is 15.2. The zero-order valence-electron chi connectivity index (χ0n) is 30.9. The summed E-state index contributed by atoms with van der Waals surface area (Å²) in [6.07, 6.45) is 4.94. The molecule has 0 radical (unpaired) electrons. The predicted octanol–water partition coefficient (Wildman–Crippen LogP) is 15.4. The van der Waals surface area contributed by atoms with Gasteiger partial charge in [0.2, 0.25) is 0 Å². The van der Waals surface area contributed by atoms with Gasteiger partial charge in [-0.1, -0.05) is 176 Å². The van der Waals surface area contributed by atoms with Crippen LogP contribution in [0.5, 0.6) is 0 Å². The molecule has 1 heterocycles. The molecule has 1 aliphatic rings. The topological polar surface area (TPSA) is 0 Å². The van der Waals surface area contributed by atoms with Gasteiger partial charge in [-0.25, -0.2) is 0 Å². The molecule has 0 fully saturated rings. The van der Waals surface area contributed by atoms with E-state index in [-0.39, 0.29) is 0 Å². The van der Waals surface area contributed by atoms with Gasteiger partial charge in [-0.15, -0.1) is 0 Å². The van der Waals surface area contributed by atoms with Gasteiger partial charge in [-0.3, -0.25) is 0 Å². The maximum atomic E-state index is 2.56. The lowest BCUT2D eigenvalue weighted by Crippen LogP contribution is -1.95. The van der Waals surface area contributed by atoms with E-state index in [4.69, 9.17) is 0 Å². The average molecular weight is 719 g/mol. The van der Waals surface area contributed by atoms with Crippen LogP contribution < -0.4 is 0 Å². The Bertz CT molecular complexity index is 3140. The monoisotopic (exact) mass is 718 g/mol. The number of rotatable bonds is 4. The molecular formula is C54H38S. The van der Waals surface area contributed by atoms with Gasteiger partial charge in [0.1, 0.15) is 0 Å². The van der Waals surface area contributed by atoms with Crippen LogP contribution >= 0.6 is 10.0 Å². The highest BCUT2D eigenvalue weighted by molar-refractivity contribution is 8.33. The van der Waals surface area contributed by atoms with Crippen LogP contribution in [0.1, 0.15) is 0 Å². The first-order chi connectivity index (χ1) is 27.0. The molecule has 0 aliphatic carbocycles. The van der Waals surface area contributed by atoms with Crippen LogP contribution in [-0.4, -0.2) is 12.5 Å². The molecule has 10 aromatic rings. The molecule has 0 saturated carbocycles. The Morgan fingerprint density at radius 1 is 0.273 bits per heavy atom. The Hall–Kier alpha value is -6.41. The molecule has 260 valence electrons. The van der Waals surface area contributed by atoms with E-state index in [0.717, 1.165) is 0 Å². The molecule has 10 aromatic carbocycles. The number of benzene rings is 10. The van der Waals surface area contributed by atoms with E-state index >= 15 is 0 Å². The van der Waals surface area contributed by atoms with Crippen molar-refractivity contribution < 1.29 is 0 Å². The summed E-state index contributed by atoms with van der Waals surface area (Å²) in [4.78, 5) is 2.95. The summed E-state index contributed by atoms with van der Waals surface area (Å²) < 4.78 is 0. The van der Waals surface area contributed by atoms with E-state index in [1.165, 1.54) is 109 Å². The Balaban J connectivity index is 1.16. The molecule has 0 saturated heterocycles. The lowest BCUT2D eigenvalue weighted by Gasteiger charge is -2.29. The normalized spacial score (nSPS) is 13.6. The first-order valence-electron chi connectivity index (χ1n) is 19.1. The zero-order valence-corrected chi connectivity index (χ0v) is 31.7. The number of hydrogen-bond acceptors (Lipinski definition) is 0. The zero-order chi connectivity index (χ0) is 36.7. The maximum absolute atomic E-state index is 2.56. The average Bonchev–Trinajstić information content (AvgIpc) is 3.46. The molecule has 1 heteroatoms. The van der Waals surface area contributed by atoms with Gasteiger partial charge < -0.3 is 0 Å². The Labute approximate surface area is 323 Å². The van der Waals surface area contributed by atoms with E-state index in [9.17, 15) is 0 Å². The molecule has 0 amide bonds. The van der Waals surface area contributed by atoms with Crippen LogP contribution in [0.3, 0.4) is 0 Å². The summed E-state index contributed by atoms with van der Waals surface area (Å²) in [5.74, 6) is 0. The highest BCUT2D eigenvalue weighted by Gasteiger charge is 2.33. The van der Waals surface area contributed by atoms with Crippen LogP contribution in [0.15, 0.2) is 204 Å². The number of fused-ring (bicyclic) bond motifs is 7. The Kier molecular flexibility index (Phi) is 7.18. The van der Waals surface area contributed by atoms with E-state index in [2.05, 4.69) is 207 Å². The van der Waals surface area contributed by atoms with Crippen molar-refractivity contribution in [1.29, 1.82) is 0 Å².